The van der Waals surface area contributed by atoms with Crippen LogP contribution in [0.1, 0.15) is 46.4 Å². The number of esters is 3. The molecule has 0 bridgehead atoms. The highest BCUT2D eigenvalue weighted by Crippen LogP contribution is 2.39. The van der Waals surface area contributed by atoms with Gasteiger partial charge in [-0.25, -0.2) is 4.98 Å². The first kappa shape index (κ1) is 30.0. The number of amides is 1. The number of nitrogens with zero attached hydrogens (tertiary/aromatic N) is 5. The average molecular weight is 584 g/mol. The van der Waals surface area contributed by atoms with Gasteiger partial charge in [0.15, 0.2) is 29.6 Å². The van der Waals surface area contributed by atoms with Crippen LogP contribution >= 0.6 is 0 Å². The largest absolute Gasteiger partial charge is 0.463 e. The van der Waals surface area contributed by atoms with Crippen LogP contribution in [0.4, 0.5) is 17.6 Å². The normalized spacial score (nSPS) is 20.0. The van der Waals surface area contributed by atoms with Crippen molar-refractivity contribution in [1.29, 1.82) is 0 Å². The van der Waals surface area contributed by atoms with Gasteiger partial charge in [0.25, 0.3) is 11.5 Å². The van der Waals surface area contributed by atoms with Gasteiger partial charge in [-0.05, 0) is 24.1 Å². The molecule has 1 fully saturated rings. The fraction of sp³-hybridized carbons (Fsp3) is 0.423. The number of imidazole rings is 1. The van der Waals surface area contributed by atoms with Gasteiger partial charge in [-0.2, -0.15) is 4.98 Å². The number of azo groups is 1. The lowest BCUT2D eigenvalue weighted by molar-refractivity contribution is -0.166. The highest BCUT2D eigenvalue weighted by Gasteiger charge is 2.52. The molecule has 1 aliphatic heterocycles. The van der Waals surface area contributed by atoms with Crippen molar-refractivity contribution in [3.8, 4) is 0 Å². The number of ether oxygens (including phenoxy) is 4. The summed E-state index contributed by atoms with van der Waals surface area (Å²) in [6.07, 6.45) is -4.19. The second-order valence-electron chi connectivity index (χ2n) is 9.29. The number of carbonyl (C=O) groups is 4. The third-order valence-electron chi connectivity index (χ3n) is 6.02. The Balaban J connectivity index is 1.90. The summed E-state index contributed by atoms with van der Waals surface area (Å²) in [5, 5.41) is 10.9. The number of H-pyrrole nitrogens is 1. The Morgan fingerprint density at radius 3 is 2.24 bits per heavy atom. The van der Waals surface area contributed by atoms with Crippen molar-refractivity contribution < 1.29 is 38.1 Å². The maximum atomic E-state index is 13.0. The molecule has 2 aromatic heterocycles. The molecule has 3 aromatic rings. The van der Waals surface area contributed by atoms with Gasteiger partial charge in [0, 0.05) is 27.7 Å². The summed E-state index contributed by atoms with van der Waals surface area (Å²) in [6.45, 7) is 6.36. The molecule has 1 unspecified atom stereocenters. The summed E-state index contributed by atoms with van der Waals surface area (Å²) in [5.41, 5.74) is 0.523. The lowest BCUT2D eigenvalue weighted by Gasteiger charge is -2.24. The molecule has 42 heavy (non-hydrogen) atoms. The van der Waals surface area contributed by atoms with Crippen LogP contribution in [0.15, 0.2) is 39.3 Å². The third-order valence-corrected chi connectivity index (χ3v) is 6.02. The second kappa shape index (κ2) is 12.7. The van der Waals surface area contributed by atoms with Crippen LogP contribution in [0.3, 0.4) is 0 Å². The maximum absolute atomic E-state index is 13.0. The maximum Gasteiger partial charge on any atom is 0.303 e. The van der Waals surface area contributed by atoms with Crippen LogP contribution in [-0.2, 0) is 44.5 Å². The van der Waals surface area contributed by atoms with Crippen molar-refractivity contribution >= 4 is 52.6 Å². The minimum absolute atomic E-state index is 0.116. The summed E-state index contributed by atoms with van der Waals surface area (Å²) < 4.78 is 23.4. The number of carbonyl (C=O) groups excluding carboxylic acids is 4. The van der Waals surface area contributed by atoms with Gasteiger partial charge in [0.1, 0.15) is 12.7 Å². The zero-order valence-electron chi connectivity index (χ0n) is 23.4. The van der Waals surface area contributed by atoms with E-state index >= 15 is 0 Å². The zero-order chi connectivity index (χ0) is 30.6. The molecule has 4 rings (SSSR count). The van der Waals surface area contributed by atoms with Crippen LogP contribution in [0, 0.1) is 0 Å². The van der Waals surface area contributed by atoms with Gasteiger partial charge in [-0.15, -0.1) is 10.2 Å². The van der Waals surface area contributed by atoms with Gasteiger partial charge >= 0.3 is 17.9 Å². The number of nitrogens with one attached hydrogen (secondary N) is 2. The summed E-state index contributed by atoms with van der Waals surface area (Å²) in [4.78, 5) is 71.4. The third kappa shape index (κ3) is 6.83. The molecule has 3 heterocycles. The standard InChI is InChI=1S/C26H29N7O9/c1-6-16-7-9-17(10-8-16)31-32-26-28-19-22(29-25(27-12(2)34)30-23(19)38)33(26)24-21(41-15(5)37)20(40-14(4)36)18(42-24)11-39-13(3)35/h7-10,18,20-21,24H,6,11H2,1-5H3,(H2,27,29,30,34,38)/b32-31+/t18-,20+,21?,24-/m1/s1. The predicted molar refractivity (Wildman–Crippen MR) is 144 cm³/mol. The topological polar surface area (TPSA) is 206 Å². The molecular formula is C26H29N7O9. The number of anilines is 1. The molecule has 222 valence electrons. The van der Waals surface area contributed by atoms with E-state index in [4.69, 9.17) is 18.9 Å². The molecule has 1 aliphatic rings. The minimum Gasteiger partial charge on any atom is -0.463 e. The Hall–Kier alpha value is -4.99. The van der Waals surface area contributed by atoms with Gasteiger partial charge in [-0.1, -0.05) is 19.1 Å². The monoisotopic (exact) mass is 583 g/mol. The van der Waals surface area contributed by atoms with E-state index in [1.807, 2.05) is 19.1 Å². The number of aryl methyl sites for hydroxylation is 1. The molecule has 16 heteroatoms. The van der Waals surface area contributed by atoms with E-state index in [0.717, 1.165) is 25.8 Å². The number of benzene rings is 1. The molecule has 0 spiro atoms. The van der Waals surface area contributed by atoms with E-state index in [9.17, 15) is 24.0 Å². The first-order chi connectivity index (χ1) is 20.0. The number of hydrogen-bond acceptors (Lipinski definition) is 13. The van der Waals surface area contributed by atoms with Crippen molar-refractivity contribution in [3.05, 3.63) is 40.2 Å². The lowest BCUT2D eigenvalue weighted by atomic mass is 10.1. The smallest absolute Gasteiger partial charge is 0.303 e. The van der Waals surface area contributed by atoms with Gasteiger partial charge in [0.05, 0.1) is 5.69 Å². The lowest BCUT2D eigenvalue weighted by Crippen LogP contribution is -2.40. The summed E-state index contributed by atoms with van der Waals surface area (Å²) in [7, 11) is 0. The van der Waals surface area contributed by atoms with Gasteiger partial charge < -0.3 is 18.9 Å². The second-order valence-corrected chi connectivity index (χ2v) is 9.29. The molecular weight excluding hydrogens is 554 g/mol. The summed E-state index contributed by atoms with van der Waals surface area (Å²) in [6, 6.07) is 7.25. The van der Waals surface area contributed by atoms with E-state index in [0.29, 0.717) is 5.69 Å². The first-order valence-electron chi connectivity index (χ1n) is 12.9. The van der Waals surface area contributed by atoms with Crippen LogP contribution in [0.2, 0.25) is 0 Å². The quantitative estimate of drug-likeness (QED) is 0.212. The van der Waals surface area contributed by atoms with Gasteiger partial charge in [0.2, 0.25) is 11.9 Å². The predicted octanol–water partition coefficient (Wildman–Crippen LogP) is 2.38. The van der Waals surface area contributed by atoms with Crippen molar-refractivity contribution in [2.24, 2.45) is 10.2 Å². The minimum atomic E-state index is -1.35. The van der Waals surface area contributed by atoms with Crippen LogP contribution in [0.5, 0.6) is 0 Å². The number of fused-ring (bicyclic) bond motifs is 1. The van der Waals surface area contributed by atoms with Crippen LogP contribution in [0.25, 0.3) is 11.2 Å². The Morgan fingerprint density at radius 1 is 0.976 bits per heavy atom. The van der Waals surface area contributed by atoms with Crippen molar-refractivity contribution in [1.82, 2.24) is 19.5 Å². The summed E-state index contributed by atoms with van der Waals surface area (Å²) in [5.74, 6) is -2.98. The van der Waals surface area contributed by atoms with E-state index in [-0.39, 0.29) is 29.7 Å². The number of hydrogen-bond donors (Lipinski definition) is 2. The van der Waals surface area contributed by atoms with Crippen molar-refractivity contribution in [2.75, 3.05) is 11.9 Å². The Kier molecular flexibility index (Phi) is 9.05. The molecule has 0 saturated carbocycles. The Morgan fingerprint density at radius 2 is 1.64 bits per heavy atom. The van der Waals surface area contributed by atoms with Crippen LogP contribution < -0.4 is 10.9 Å². The highest BCUT2D eigenvalue weighted by molar-refractivity contribution is 5.87. The van der Waals surface area contributed by atoms with Crippen molar-refractivity contribution in [3.63, 3.8) is 0 Å². The molecule has 0 radical (unpaired) electrons. The molecule has 0 aliphatic carbocycles. The SMILES string of the molecule is CCc1ccc(/N=N/c2nc3c(=O)[nH]c(NC(C)=O)nc3n2[C@@H]2O[C@H](COC(C)=O)[C@H](OC(C)=O)C2OC(C)=O)cc1. The fourth-order valence-corrected chi connectivity index (χ4v) is 4.30. The highest BCUT2D eigenvalue weighted by atomic mass is 16.7. The van der Waals surface area contributed by atoms with E-state index in [2.05, 4.69) is 30.5 Å². The number of aromatic nitrogens is 4. The van der Waals surface area contributed by atoms with E-state index < -0.39 is 53.9 Å². The molecule has 1 saturated heterocycles. The molecule has 16 nitrogen and oxygen atoms in total. The fourth-order valence-electron chi connectivity index (χ4n) is 4.30. The molecule has 1 amide bonds. The average Bonchev–Trinajstić information content (AvgIpc) is 3.43. The van der Waals surface area contributed by atoms with Crippen LogP contribution in [-0.4, -0.2) is 68.3 Å². The van der Waals surface area contributed by atoms with E-state index in [1.165, 1.54) is 18.4 Å². The zero-order valence-corrected chi connectivity index (χ0v) is 23.4. The Bertz CT molecular complexity index is 1600. The number of rotatable bonds is 9. The van der Waals surface area contributed by atoms with Gasteiger partial charge in [-0.3, -0.25) is 38.8 Å². The summed E-state index contributed by atoms with van der Waals surface area (Å²) >= 11 is 0. The first-order valence-corrected chi connectivity index (χ1v) is 12.9. The molecule has 1 aromatic carbocycles. The molecule has 4 atom stereocenters. The van der Waals surface area contributed by atoms with Crippen molar-refractivity contribution in [2.45, 2.75) is 65.6 Å². The number of aromatic amines is 1. The molecule has 2 N–H and O–H groups in total. The van der Waals surface area contributed by atoms with E-state index in [1.54, 1.807) is 12.1 Å². The Labute approximate surface area is 238 Å².